The van der Waals surface area contributed by atoms with Crippen LogP contribution >= 0.6 is 0 Å². The van der Waals surface area contributed by atoms with Crippen LogP contribution in [-0.2, 0) is 9.53 Å². The van der Waals surface area contributed by atoms with Gasteiger partial charge in [0, 0.05) is 35.8 Å². The second-order valence-corrected chi connectivity index (χ2v) is 7.44. The summed E-state index contributed by atoms with van der Waals surface area (Å²) in [6.07, 6.45) is 0. The number of nitrogens with one attached hydrogen (secondary N) is 2. The van der Waals surface area contributed by atoms with Gasteiger partial charge in [-0.3, -0.25) is 9.59 Å². The van der Waals surface area contributed by atoms with E-state index >= 15 is 0 Å². The first-order valence-corrected chi connectivity index (χ1v) is 11.4. The third-order valence-corrected chi connectivity index (χ3v) is 5.03. The number of hydrogen-bond donors (Lipinski definition) is 2. The Bertz CT molecular complexity index is 1050. The van der Waals surface area contributed by atoms with Gasteiger partial charge in [0.15, 0.2) is 0 Å². The van der Waals surface area contributed by atoms with Crippen LogP contribution in [0.2, 0.25) is 0 Å². The van der Waals surface area contributed by atoms with Gasteiger partial charge in [-0.25, -0.2) is 0 Å². The normalized spacial score (nSPS) is 10.4. The molecule has 2 N–H and O–H groups in total. The number of carbonyl (C=O) groups excluding carboxylic acids is 2. The van der Waals surface area contributed by atoms with Gasteiger partial charge in [-0.2, -0.15) is 0 Å². The lowest BCUT2D eigenvalue weighted by molar-refractivity contribution is -0.114. The van der Waals surface area contributed by atoms with Crippen molar-refractivity contribution < 1.29 is 19.1 Å². The van der Waals surface area contributed by atoms with Crippen LogP contribution < -0.4 is 20.3 Å². The number of ether oxygens (including phenoxy) is 2. The number of anilines is 3. The summed E-state index contributed by atoms with van der Waals surface area (Å²) < 4.78 is 10.8. The zero-order valence-electron chi connectivity index (χ0n) is 19.6. The highest BCUT2D eigenvalue weighted by Crippen LogP contribution is 2.19. The molecule has 7 heteroatoms. The van der Waals surface area contributed by atoms with Gasteiger partial charge >= 0.3 is 0 Å². The Morgan fingerprint density at radius 3 is 2.32 bits per heavy atom. The van der Waals surface area contributed by atoms with E-state index in [9.17, 15) is 9.59 Å². The molecule has 34 heavy (non-hydrogen) atoms. The quantitative estimate of drug-likeness (QED) is 0.378. The van der Waals surface area contributed by atoms with Crippen LogP contribution in [-0.4, -0.2) is 44.7 Å². The summed E-state index contributed by atoms with van der Waals surface area (Å²) in [5.74, 6) is 0.413. The van der Waals surface area contributed by atoms with Crippen molar-refractivity contribution in [1.29, 1.82) is 0 Å². The maximum Gasteiger partial charge on any atom is 0.258 e. The maximum atomic E-state index is 13.0. The Kier molecular flexibility index (Phi) is 9.49. The Hall–Kier alpha value is -3.84. The third kappa shape index (κ3) is 7.35. The summed E-state index contributed by atoms with van der Waals surface area (Å²) in [6, 6.07) is 23.9. The fourth-order valence-electron chi connectivity index (χ4n) is 3.36. The summed E-state index contributed by atoms with van der Waals surface area (Å²) in [5.41, 5.74) is 2.72. The highest BCUT2D eigenvalue weighted by atomic mass is 16.5. The van der Waals surface area contributed by atoms with Crippen LogP contribution in [0.1, 0.15) is 24.2 Å². The van der Waals surface area contributed by atoms with Gasteiger partial charge in [-0.05, 0) is 68.4 Å². The highest BCUT2D eigenvalue weighted by molar-refractivity contribution is 6.07. The van der Waals surface area contributed by atoms with Crippen molar-refractivity contribution in [3.8, 4) is 5.75 Å². The molecule has 3 aromatic carbocycles. The van der Waals surface area contributed by atoms with E-state index in [-0.39, 0.29) is 18.4 Å². The second-order valence-electron chi connectivity index (χ2n) is 7.44. The average molecular weight is 462 g/mol. The SMILES string of the molecule is CCOCCOc1ccc(NCC(=O)Nc2cccc(C(=O)N(CC)c3ccccc3)c2)cc1. The fourth-order valence-corrected chi connectivity index (χ4v) is 3.36. The van der Waals surface area contributed by atoms with E-state index in [1.165, 1.54) is 0 Å². The summed E-state index contributed by atoms with van der Waals surface area (Å²) in [7, 11) is 0. The monoisotopic (exact) mass is 461 g/mol. The van der Waals surface area contributed by atoms with Gasteiger partial charge in [0.25, 0.3) is 5.91 Å². The van der Waals surface area contributed by atoms with E-state index in [1.807, 2.05) is 68.4 Å². The van der Waals surface area contributed by atoms with Crippen molar-refractivity contribution in [2.75, 3.05) is 48.4 Å². The molecule has 0 radical (unpaired) electrons. The first kappa shape index (κ1) is 24.8. The molecule has 0 atom stereocenters. The zero-order valence-corrected chi connectivity index (χ0v) is 19.6. The minimum Gasteiger partial charge on any atom is -0.491 e. The summed E-state index contributed by atoms with van der Waals surface area (Å²) >= 11 is 0. The van der Waals surface area contributed by atoms with Crippen molar-refractivity contribution in [2.45, 2.75) is 13.8 Å². The van der Waals surface area contributed by atoms with Crippen LogP contribution in [0.15, 0.2) is 78.9 Å². The molecular formula is C27H31N3O4. The average Bonchev–Trinajstić information content (AvgIpc) is 2.87. The van der Waals surface area contributed by atoms with Crippen LogP contribution in [0.5, 0.6) is 5.75 Å². The molecule has 0 aromatic heterocycles. The molecule has 0 fully saturated rings. The van der Waals surface area contributed by atoms with E-state index in [0.717, 1.165) is 17.1 Å². The minimum atomic E-state index is -0.211. The van der Waals surface area contributed by atoms with E-state index in [0.29, 0.717) is 37.6 Å². The maximum absolute atomic E-state index is 13.0. The van der Waals surface area contributed by atoms with Crippen molar-refractivity contribution >= 4 is 28.9 Å². The molecule has 0 saturated carbocycles. The Balaban J connectivity index is 1.52. The van der Waals surface area contributed by atoms with E-state index in [4.69, 9.17) is 9.47 Å². The zero-order chi connectivity index (χ0) is 24.2. The molecule has 178 valence electrons. The van der Waals surface area contributed by atoms with Crippen LogP contribution in [0, 0.1) is 0 Å². The molecule has 0 aliphatic rings. The summed E-state index contributed by atoms with van der Waals surface area (Å²) in [4.78, 5) is 27.2. The third-order valence-electron chi connectivity index (χ3n) is 5.03. The minimum absolute atomic E-state index is 0.0911. The van der Waals surface area contributed by atoms with E-state index in [1.54, 1.807) is 29.2 Å². The predicted molar refractivity (Wildman–Crippen MR) is 136 cm³/mol. The van der Waals surface area contributed by atoms with E-state index in [2.05, 4.69) is 10.6 Å². The molecule has 2 amide bonds. The number of carbonyl (C=O) groups is 2. The van der Waals surface area contributed by atoms with Gasteiger partial charge in [0.2, 0.25) is 5.91 Å². The number of amides is 2. The molecule has 3 aromatic rings. The van der Waals surface area contributed by atoms with Crippen LogP contribution in [0.25, 0.3) is 0 Å². The number of hydrogen-bond acceptors (Lipinski definition) is 5. The summed E-state index contributed by atoms with van der Waals surface area (Å²) in [5, 5.41) is 5.93. The second kappa shape index (κ2) is 13.0. The lowest BCUT2D eigenvalue weighted by atomic mass is 10.1. The Morgan fingerprint density at radius 1 is 0.853 bits per heavy atom. The Morgan fingerprint density at radius 2 is 1.62 bits per heavy atom. The van der Waals surface area contributed by atoms with Gasteiger partial charge in [-0.1, -0.05) is 24.3 Å². The van der Waals surface area contributed by atoms with Crippen LogP contribution in [0.3, 0.4) is 0 Å². The molecule has 0 aliphatic carbocycles. The smallest absolute Gasteiger partial charge is 0.258 e. The Labute approximate surface area is 200 Å². The van der Waals surface area contributed by atoms with E-state index < -0.39 is 0 Å². The molecule has 3 rings (SSSR count). The number of para-hydroxylation sites is 1. The molecule has 0 bridgehead atoms. The van der Waals surface area contributed by atoms with Crippen molar-refractivity contribution in [3.63, 3.8) is 0 Å². The lowest BCUT2D eigenvalue weighted by Gasteiger charge is -2.21. The molecule has 0 spiro atoms. The first-order valence-electron chi connectivity index (χ1n) is 11.4. The summed E-state index contributed by atoms with van der Waals surface area (Å²) in [6.45, 7) is 6.21. The number of benzene rings is 3. The van der Waals surface area contributed by atoms with Gasteiger partial charge in [0.05, 0.1) is 13.2 Å². The highest BCUT2D eigenvalue weighted by Gasteiger charge is 2.16. The lowest BCUT2D eigenvalue weighted by Crippen LogP contribution is -2.30. The molecule has 7 nitrogen and oxygen atoms in total. The molecule has 0 aliphatic heterocycles. The van der Waals surface area contributed by atoms with Gasteiger partial charge < -0.3 is 25.0 Å². The van der Waals surface area contributed by atoms with Gasteiger partial charge in [0.1, 0.15) is 12.4 Å². The predicted octanol–water partition coefficient (Wildman–Crippen LogP) is 4.82. The van der Waals surface area contributed by atoms with Gasteiger partial charge in [-0.15, -0.1) is 0 Å². The molecule has 0 saturated heterocycles. The van der Waals surface area contributed by atoms with Crippen molar-refractivity contribution in [3.05, 3.63) is 84.4 Å². The molecular weight excluding hydrogens is 430 g/mol. The topological polar surface area (TPSA) is 79.9 Å². The first-order chi connectivity index (χ1) is 16.6. The fraction of sp³-hybridized carbons (Fsp3) is 0.259. The molecule has 0 heterocycles. The van der Waals surface area contributed by atoms with Crippen molar-refractivity contribution in [2.24, 2.45) is 0 Å². The number of nitrogens with zero attached hydrogens (tertiary/aromatic N) is 1. The van der Waals surface area contributed by atoms with Crippen molar-refractivity contribution in [1.82, 2.24) is 0 Å². The number of rotatable bonds is 12. The standard InChI is InChI=1S/C27H31N3O4/c1-3-30(24-11-6-5-7-12-24)27(32)21-9-8-10-23(19-21)29-26(31)20-28-22-13-15-25(16-14-22)34-18-17-33-4-2/h5-16,19,28H,3-4,17-18,20H2,1-2H3,(H,29,31). The largest absolute Gasteiger partial charge is 0.491 e. The van der Waals surface area contributed by atoms with Crippen LogP contribution in [0.4, 0.5) is 17.1 Å². The molecule has 0 unspecified atom stereocenters.